The Morgan fingerprint density at radius 1 is 0.846 bits per heavy atom. The molecule has 0 unspecified atom stereocenters. The third-order valence-corrected chi connectivity index (χ3v) is 10.6. The Morgan fingerprint density at radius 3 is 2.00 bits per heavy atom. The number of aromatic nitrogens is 1. The van der Waals surface area contributed by atoms with Gasteiger partial charge in [-0.2, -0.15) is 4.31 Å². The highest BCUT2D eigenvalue weighted by Crippen LogP contribution is 2.33. The molecule has 1 amide bonds. The van der Waals surface area contributed by atoms with Gasteiger partial charge >= 0.3 is 0 Å². The van der Waals surface area contributed by atoms with Gasteiger partial charge in [-0.25, -0.2) is 21.8 Å². The monoisotopic (exact) mass is 594 g/mol. The van der Waals surface area contributed by atoms with Crippen LogP contribution in [-0.2, 0) is 19.9 Å². The fourth-order valence-corrected chi connectivity index (χ4v) is 7.86. The third kappa shape index (κ3) is 7.23. The number of benzene rings is 2. The lowest BCUT2D eigenvalue weighted by Gasteiger charge is -2.25. The molecule has 0 atom stereocenters. The molecule has 0 radical (unpaired) electrons. The Morgan fingerprint density at radius 2 is 1.46 bits per heavy atom. The Kier molecular flexibility index (Phi) is 10.6. The lowest BCUT2D eigenvalue weighted by Crippen LogP contribution is -2.39. The average Bonchev–Trinajstić information content (AvgIpc) is 3.34. The van der Waals surface area contributed by atoms with Gasteiger partial charge in [0.05, 0.1) is 14.5 Å². The van der Waals surface area contributed by atoms with E-state index in [9.17, 15) is 21.6 Å². The lowest BCUT2D eigenvalue weighted by molar-refractivity contribution is 0.0983. The van der Waals surface area contributed by atoms with E-state index in [0.29, 0.717) is 59.9 Å². The standard InChI is InChI=1S/C27H38N4O5S3/c1-6-17-30(18-7-2)39(35,36)22-15-13-21(14-16-22)26(32)31(20-19-29(8-3)9-4)27-28-25-23(37-27)11-10-12-24(25)38(5,33)34/h10-16H,6-9,17-20H2,1-5H3. The summed E-state index contributed by atoms with van der Waals surface area (Å²) in [7, 11) is -7.18. The number of carbonyl (C=O) groups is 1. The van der Waals surface area contributed by atoms with E-state index in [1.165, 1.54) is 46.0 Å². The number of likely N-dealkylation sites (N-methyl/N-ethyl adjacent to an activating group) is 1. The second-order valence-corrected chi connectivity index (χ2v) is 14.2. The van der Waals surface area contributed by atoms with Crippen LogP contribution in [0.15, 0.2) is 52.3 Å². The first kappa shape index (κ1) is 31.2. The van der Waals surface area contributed by atoms with E-state index >= 15 is 0 Å². The predicted octanol–water partition coefficient (Wildman–Crippen LogP) is 4.50. The summed E-state index contributed by atoms with van der Waals surface area (Å²) in [6, 6.07) is 11.0. The minimum atomic E-state index is -3.67. The maximum Gasteiger partial charge on any atom is 0.260 e. The van der Waals surface area contributed by atoms with Gasteiger partial charge in [-0.15, -0.1) is 0 Å². The van der Waals surface area contributed by atoms with Gasteiger partial charge in [-0.05, 0) is 62.3 Å². The van der Waals surface area contributed by atoms with E-state index in [2.05, 4.69) is 9.88 Å². The van der Waals surface area contributed by atoms with Crippen molar-refractivity contribution in [1.82, 2.24) is 14.2 Å². The molecule has 0 saturated carbocycles. The van der Waals surface area contributed by atoms with E-state index in [-0.39, 0.29) is 15.7 Å². The summed E-state index contributed by atoms with van der Waals surface area (Å²) >= 11 is 1.26. The highest BCUT2D eigenvalue weighted by Gasteiger charge is 2.26. The van der Waals surface area contributed by atoms with Crippen molar-refractivity contribution in [2.24, 2.45) is 0 Å². The number of sulfone groups is 1. The molecule has 39 heavy (non-hydrogen) atoms. The quantitative estimate of drug-likeness (QED) is 0.270. The molecular formula is C27H38N4O5S3. The molecule has 0 saturated heterocycles. The Balaban J connectivity index is 2.00. The van der Waals surface area contributed by atoms with Gasteiger partial charge in [0.25, 0.3) is 5.91 Å². The zero-order valence-electron chi connectivity index (χ0n) is 23.3. The molecule has 0 aliphatic carbocycles. The van der Waals surface area contributed by atoms with Crippen LogP contribution >= 0.6 is 11.3 Å². The summed E-state index contributed by atoms with van der Waals surface area (Å²) in [6.07, 6.45) is 2.56. The van der Waals surface area contributed by atoms with E-state index in [1.807, 2.05) is 27.7 Å². The first-order chi connectivity index (χ1) is 18.5. The molecule has 0 N–H and O–H groups in total. The van der Waals surface area contributed by atoms with Gasteiger partial charge < -0.3 is 4.90 Å². The average molecular weight is 595 g/mol. The van der Waals surface area contributed by atoms with Gasteiger partial charge in [0.2, 0.25) is 10.0 Å². The first-order valence-electron chi connectivity index (χ1n) is 13.2. The van der Waals surface area contributed by atoms with Gasteiger partial charge in [-0.1, -0.05) is 45.1 Å². The van der Waals surface area contributed by atoms with E-state index in [4.69, 9.17) is 0 Å². The largest absolute Gasteiger partial charge is 0.302 e. The number of thiazole rings is 1. The van der Waals surface area contributed by atoms with Crippen molar-refractivity contribution in [3.05, 3.63) is 48.0 Å². The van der Waals surface area contributed by atoms with Gasteiger partial charge in [0, 0.05) is 38.0 Å². The number of rotatable bonds is 14. The summed E-state index contributed by atoms with van der Waals surface area (Å²) < 4.78 is 53.2. The smallest absolute Gasteiger partial charge is 0.260 e. The highest BCUT2D eigenvalue weighted by molar-refractivity contribution is 7.91. The van der Waals surface area contributed by atoms with Gasteiger partial charge in [0.15, 0.2) is 15.0 Å². The number of fused-ring (bicyclic) bond motifs is 1. The Hall–Kier alpha value is -2.38. The Labute approximate surface area is 236 Å². The van der Waals surface area contributed by atoms with Crippen molar-refractivity contribution < 1.29 is 21.6 Å². The normalized spacial score (nSPS) is 12.5. The molecule has 2 aromatic carbocycles. The maximum absolute atomic E-state index is 13.8. The number of carbonyl (C=O) groups excluding carboxylic acids is 1. The fourth-order valence-electron chi connectivity index (χ4n) is 4.32. The van der Waals surface area contributed by atoms with Crippen LogP contribution < -0.4 is 4.90 Å². The van der Waals surface area contributed by atoms with Crippen LogP contribution in [0, 0.1) is 0 Å². The highest BCUT2D eigenvalue weighted by atomic mass is 32.2. The second kappa shape index (κ2) is 13.3. The van der Waals surface area contributed by atoms with Crippen LogP contribution in [0.5, 0.6) is 0 Å². The van der Waals surface area contributed by atoms with E-state index < -0.39 is 19.9 Å². The number of anilines is 1. The van der Waals surface area contributed by atoms with E-state index in [0.717, 1.165) is 19.3 Å². The number of amides is 1. The summed E-state index contributed by atoms with van der Waals surface area (Å²) in [4.78, 5) is 22.4. The predicted molar refractivity (Wildman–Crippen MR) is 158 cm³/mol. The van der Waals surface area contributed by atoms with Crippen LogP contribution in [-0.4, -0.2) is 82.5 Å². The molecule has 0 bridgehead atoms. The molecule has 3 rings (SSSR count). The topological polar surface area (TPSA) is 108 Å². The van der Waals surface area contributed by atoms with E-state index in [1.54, 1.807) is 17.0 Å². The van der Waals surface area contributed by atoms with Crippen molar-refractivity contribution in [1.29, 1.82) is 0 Å². The molecule has 0 aliphatic heterocycles. The summed E-state index contributed by atoms with van der Waals surface area (Å²) in [5, 5.41) is 0.395. The molecule has 0 aliphatic rings. The number of sulfonamides is 1. The second-order valence-electron chi connectivity index (χ2n) is 9.28. The Bertz CT molecular complexity index is 1480. The minimum absolute atomic E-state index is 0.122. The van der Waals surface area contributed by atoms with Gasteiger partial charge in [-0.3, -0.25) is 9.69 Å². The molecule has 214 valence electrons. The van der Waals surface area contributed by atoms with Crippen molar-refractivity contribution in [3.63, 3.8) is 0 Å². The minimum Gasteiger partial charge on any atom is -0.302 e. The number of hydrogen-bond acceptors (Lipinski definition) is 8. The SMILES string of the molecule is CCCN(CCC)S(=O)(=O)c1ccc(C(=O)N(CCN(CC)CC)c2nc3c(S(C)(=O)=O)cccc3s2)cc1. The summed E-state index contributed by atoms with van der Waals surface area (Å²) in [6.45, 7) is 11.4. The zero-order chi connectivity index (χ0) is 28.8. The van der Waals surface area contributed by atoms with Crippen molar-refractivity contribution in [2.45, 2.75) is 50.3 Å². The van der Waals surface area contributed by atoms with Crippen LogP contribution in [0.3, 0.4) is 0 Å². The lowest BCUT2D eigenvalue weighted by atomic mass is 10.2. The molecule has 0 fully saturated rings. The van der Waals surface area contributed by atoms with Crippen LogP contribution in [0.25, 0.3) is 10.2 Å². The first-order valence-corrected chi connectivity index (χ1v) is 17.4. The summed E-state index contributed by atoms with van der Waals surface area (Å²) in [5.74, 6) is -0.329. The molecular weight excluding hydrogens is 557 g/mol. The van der Waals surface area contributed by atoms with Crippen LogP contribution in [0.4, 0.5) is 5.13 Å². The third-order valence-electron chi connectivity index (χ3n) is 6.47. The number of para-hydroxylation sites is 1. The molecule has 12 heteroatoms. The number of nitrogens with zero attached hydrogens (tertiary/aromatic N) is 4. The van der Waals surface area contributed by atoms with Crippen LogP contribution in [0.2, 0.25) is 0 Å². The van der Waals surface area contributed by atoms with Crippen LogP contribution in [0.1, 0.15) is 50.9 Å². The van der Waals surface area contributed by atoms with Crippen molar-refractivity contribution in [3.8, 4) is 0 Å². The maximum atomic E-state index is 13.8. The fraction of sp³-hybridized carbons (Fsp3) is 0.481. The molecule has 1 heterocycles. The molecule has 3 aromatic rings. The molecule has 1 aromatic heterocycles. The zero-order valence-corrected chi connectivity index (χ0v) is 25.7. The number of hydrogen-bond donors (Lipinski definition) is 0. The van der Waals surface area contributed by atoms with Crippen molar-refractivity contribution in [2.75, 3.05) is 50.4 Å². The molecule has 0 spiro atoms. The molecule has 9 nitrogen and oxygen atoms in total. The van der Waals surface area contributed by atoms with Crippen molar-refractivity contribution >= 4 is 52.5 Å². The van der Waals surface area contributed by atoms with Gasteiger partial charge in [0.1, 0.15) is 5.52 Å². The summed E-state index contributed by atoms with van der Waals surface area (Å²) in [5.41, 5.74) is 0.669.